The maximum absolute atomic E-state index is 5.42. The van der Waals surface area contributed by atoms with Crippen LogP contribution in [0, 0.1) is 0 Å². The van der Waals surface area contributed by atoms with Crippen molar-refractivity contribution >= 4 is 0 Å². The highest BCUT2D eigenvalue weighted by Crippen LogP contribution is 2.07. The zero-order valence-corrected chi connectivity index (χ0v) is 10.2. The van der Waals surface area contributed by atoms with Crippen LogP contribution in [0.1, 0.15) is 46.2 Å². The lowest BCUT2D eigenvalue weighted by atomic mass is 10.2. The molecule has 1 rings (SSSR count). The zero-order chi connectivity index (χ0) is 11.5. The van der Waals surface area contributed by atoms with Gasteiger partial charge in [-0.25, -0.2) is 0 Å². The van der Waals surface area contributed by atoms with E-state index in [0.717, 1.165) is 5.56 Å². The van der Waals surface area contributed by atoms with Gasteiger partial charge in [-0.1, -0.05) is 0 Å². The molecule has 0 fully saturated rings. The molecule has 0 saturated carbocycles. The van der Waals surface area contributed by atoms with E-state index in [1.807, 2.05) is 37.8 Å². The van der Waals surface area contributed by atoms with Crippen molar-refractivity contribution in [3.63, 3.8) is 0 Å². The Morgan fingerprint density at radius 1 is 1.47 bits per heavy atom. The molecule has 86 valence electrons. The Balaban J connectivity index is 2.38. The molecule has 0 spiro atoms. The standard InChI is InChI=1S/C11H21N3O/c1-9(2)14-8-10(6-12-14)7-13-15-11(3,4)5/h6,8-9,13H,7H2,1-5H3. The quantitative estimate of drug-likeness (QED) is 0.777. The van der Waals surface area contributed by atoms with Crippen LogP contribution in [0.25, 0.3) is 0 Å². The molecule has 0 unspecified atom stereocenters. The van der Waals surface area contributed by atoms with Crippen LogP contribution in [-0.4, -0.2) is 15.4 Å². The highest BCUT2D eigenvalue weighted by molar-refractivity contribution is 5.03. The topological polar surface area (TPSA) is 39.1 Å². The van der Waals surface area contributed by atoms with Crippen molar-refractivity contribution in [1.82, 2.24) is 15.3 Å². The first kappa shape index (κ1) is 12.2. The van der Waals surface area contributed by atoms with E-state index in [9.17, 15) is 0 Å². The van der Waals surface area contributed by atoms with Gasteiger partial charge in [0.1, 0.15) is 0 Å². The Labute approximate surface area is 91.6 Å². The second-order valence-electron chi connectivity index (χ2n) is 4.96. The van der Waals surface area contributed by atoms with Crippen LogP contribution in [0.2, 0.25) is 0 Å². The fourth-order valence-corrected chi connectivity index (χ4v) is 1.09. The van der Waals surface area contributed by atoms with E-state index in [-0.39, 0.29) is 5.60 Å². The van der Waals surface area contributed by atoms with Gasteiger partial charge in [-0.15, -0.1) is 0 Å². The molecule has 1 aromatic heterocycles. The van der Waals surface area contributed by atoms with Crippen molar-refractivity contribution in [3.05, 3.63) is 18.0 Å². The van der Waals surface area contributed by atoms with Gasteiger partial charge in [0.2, 0.25) is 0 Å². The van der Waals surface area contributed by atoms with Gasteiger partial charge in [0.05, 0.1) is 11.8 Å². The van der Waals surface area contributed by atoms with Crippen molar-refractivity contribution in [3.8, 4) is 0 Å². The third kappa shape index (κ3) is 4.44. The first-order valence-corrected chi connectivity index (χ1v) is 5.32. The van der Waals surface area contributed by atoms with Gasteiger partial charge in [0.25, 0.3) is 0 Å². The average Bonchev–Trinajstić information content (AvgIpc) is 2.50. The maximum Gasteiger partial charge on any atom is 0.0813 e. The first-order chi connectivity index (χ1) is 6.88. The van der Waals surface area contributed by atoms with E-state index in [1.54, 1.807) is 0 Å². The SMILES string of the molecule is CC(C)n1cc(CNOC(C)(C)C)cn1. The number of hydrogen-bond donors (Lipinski definition) is 1. The summed E-state index contributed by atoms with van der Waals surface area (Å²) in [5, 5.41) is 4.25. The molecule has 0 bridgehead atoms. The van der Waals surface area contributed by atoms with E-state index in [1.165, 1.54) is 0 Å². The van der Waals surface area contributed by atoms with Gasteiger partial charge in [-0.3, -0.25) is 9.52 Å². The van der Waals surface area contributed by atoms with Gasteiger partial charge in [-0.2, -0.15) is 10.6 Å². The largest absolute Gasteiger partial charge is 0.296 e. The van der Waals surface area contributed by atoms with Crippen molar-refractivity contribution in [2.75, 3.05) is 0 Å². The van der Waals surface area contributed by atoms with Crippen LogP contribution >= 0.6 is 0 Å². The lowest BCUT2D eigenvalue weighted by molar-refractivity contribution is -0.0757. The number of hydroxylamine groups is 1. The highest BCUT2D eigenvalue weighted by atomic mass is 16.7. The minimum atomic E-state index is -0.159. The van der Waals surface area contributed by atoms with Crippen molar-refractivity contribution in [2.24, 2.45) is 0 Å². The van der Waals surface area contributed by atoms with E-state index < -0.39 is 0 Å². The predicted molar refractivity (Wildman–Crippen MR) is 60.3 cm³/mol. The number of nitrogens with one attached hydrogen (secondary N) is 1. The smallest absolute Gasteiger partial charge is 0.0813 e. The van der Waals surface area contributed by atoms with Gasteiger partial charge < -0.3 is 0 Å². The Hall–Kier alpha value is -0.870. The number of aromatic nitrogens is 2. The number of nitrogens with zero attached hydrogens (tertiary/aromatic N) is 2. The number of hydrogen-bond acceptors (Lipinski definition) is 3. The van der Waals surface area contributed by atoms with Gasteiger partial charge in [-0.05, 0) is 34.6 Å². The zero-order valence-electron chi connectivity index (χ0n) is 10.2. The molecule has 0 atom stereocenters. The lowest BCUT2D eigenvalue weighted by Gasteiger charge is -2.18. The normalized spacial score (nSPS) is 12.4. The molecular formula is C11H21N3O. The van der Waals surface area contributed by atoms with Crippen LogP contribution in [0.3, 0.4) is 0 Å². The van der Waals surface area contributed by atoms with Crippen LogP contribution in [-0.2, 0) is 11.4 Å². The molecule has 0 radical (unpaired) electrons. The Morgan fingerprint density at radius 3 is 2.60 bits per heavy atom. The molecule has 4 heteroatoms. The van der Waals surface area contributed by atoms with E-state index >= 15 is 0 Å². The molecular weight excluding hydrogens is 190 g/mol. The summed E-state index contributed by atoms with van der Waals surface area (Å²) < 4.78 is 1.94. The molecule has 0 aliphatic rings. The minimum Gasteiger partial charge on any atom is -0.296 e. The Bertz CT molecular complexity index is 299. The summed E-state index contributed by atoms with van der Waals surface area (Å²) in [5.74, 6) is 0. The molecule has 4 nitrogen and oxygen atoms in total. The van der Waals surface area contributed by atoms with Crippen LogP contribution < -0.4 is 5.48 Å². The fourth-order valence-electron chi connectivity index (χ4n) is 1.09. The van der Waals surface area contributed by atoms with Gasteiger partial charge >= 0.3 is 0 Å². The van der Waals surface area contributed by atoms with Crippen LogP contribution in [0.5, 0.6) is 0 Å². The summed E-state index contributed by atoms with van der Waals surface area (Å²) >= 11 is 0. The molecule has 1 N–H and O–H groups in total. The number of rotatable bonds is 4. The summed E-state index contributed by atoms with van der Waals surface area (Å²) in [6.45, 7) is 10.9. The molecule has 0 amide bonds. The van der Waals surface area contributed by atoms with Crippen molar-refractivity contribution in [1.29, 1.82) is 0 Å². The molecule has 15 heavy (non-hydrogen) atoms. The van der Waals surface area contributed by atoms with Gasteiger partial charge in [0.15, 0.2) is 0 Å². The molecule has 1 heterocycles. The van der Waals surface area contributed by atoms with Crippen LogP contribution in [0.4, 0.5) is 0 Å². The molecule has 0 aliphatic heterocycles. The molecule has 0 saturated heterocycles. The maximum atomic E-state index is 5.42. The summed E-state index contributed by atoms with van der Waals surface area (Å²) in [7, 11) is 0. The molecule has 0 aliphatic carbocycles. The van der Waals surface area contributed by atoms with Crippen molar-refractivity contribution in [2.45, 2.75) is 52.8 Å². The van der Waals surface area contributed by atoms with E-state index in [4.69, 9.17) is 4.84 Å². The second-order valence-corrected chi connectivity index (χ2v) is 4.96. The van der Waals surface area contributed by atoms with E-state index in [0.29, 0.717) is 12.6 Å². The van der Waals surface area contributed by atoms with Crippen LogP contribution in [0.15, 0.2) is 12.4 Å². The van der Waals surface area contributed by atoms with E-state index in [2.05, 4.69) is 24.4 Å². The fraction of sp³-hybridized carbons (Fsp3) is 0.727. The molecule has 0 aromatic carbocycles. The average molecular weight is 211 g/mol. The summed E-state index contributed by atoms with van der Waals surface area (Å²) in [5.41, 5.74) is 3.91. The van der Waals surface area contributed by atoms with Crippen molar-refractivity contribution < 1.29 is 4.84 Å². The Kier molecular flexibility index (Phi) is 3.88. The first-order valence-electron chi connectivity index (χ1n) is 5.32. The minimum absolute atomic E-state index is 0.159. The predicted octanol–water partition coefficient (Wildman–Crippen LogP) is 2.28. The third-order valence-corrected chi connectivity index (χ3v) is 1.84. The lowest BCUT2D eigenvalue weighted by Crippen LogP contribution is -2.28. The summed E-state index contributed by atoms with van der Waals surface area (Å²) in [6.07, 6.45) is 3.89. The summed E-state index contributed by atoms with van der Waals surface area (Å²) in [6, 6.07) is 0.405. The second kappa shape index (κ2) is 4.77. The Morgan fingerprint density at radius 2 is 2.13 bits per heavy atom. The molecule has 1 aromatic rings. The van der Waals surface area contributed by atoms with Gasteiger partial charge in [0, 0.05) is 24.3 Å². The summed E-state index contributed by atoms with van der Waals surface area (Å²) in [4.78, 5) is 5.42. The highest BCUT2D eigenvalue weighted by Gasteiger charge is 2.10. The monoisotopic (exact) mass is 211 g/mol. The third-order valence-electron chi connectivity index (χ3n) is 1.84.